The first kappa shape index (κ1) is 20.5. The number of carbonyl (C=O) groups excluding carboxylic acids is 1. The molecule has 0 atom stereocenters. The van der Waals surface area contributed by atoms with Crippen molar-refractivity contribution in [2.24, 2.45) is 0 Å². The Kier molecular flexibility index (Phi) is 5.98. The van der Waals surface area contributed by atoms with Crippen molar-refractivity contribution < 1.29 is 17.6 Å². The first-order chi connectivity index (χ1) is 13.7. The highest BCUT2D eigenvalue weighted by molar-refractivity contribution is 7.92. The maximum atomic E-state index is 13.7. The zero-order valence-electron chi connectivity index (χ0n) is 16.1. The van der Waals surface area contributed by atoms with Crippen molar-refractivity contribution in [1.82, 2.24) is 0 Å². The summed E-state index contributed by atoms with van der Waals surface area (Å²) < 4.78 is 39.6. The summed E-state index contributed by atoms with van der Waals surface area (Å²) in [6.07, 6.45) is 1.16. The van der Waals surface area contributed by atoms with Crippen molar-refractivity contribution in [3.05, 3.63) is 95.3 Å². The van der Waals surface area contributed by atoms with Crippen LogP contribution < -0.4 is 9.62 Å². The predicted molar refractivity (Wildman–Crippen MR) is 113 cm³/mol. The lowest BCUT2D eigenvalue weighted by molar-refractivity contribution is 0.102. The minimum Gasteiger partial charge on any atom is -0.319 e. The van der Waals surface area contributed by atoms with Gasteiger partial charge in [0, 0.05) is 5.56 Å². The number of nitrogens with zero attached hydrogens (tertiary/aromatic N) is 1. The summed E-state index contributed by atoms with van der Waals surface area (Å²) in [5.41, 5.74) is 2.70. The van der Waals surface area contributed by atoms with Crippen molar-refractivity contribution in [1.29, 1.82) is 0 Å². The van der Waals surface area contributed by atoms with E-state index in [1.165, 1.54) is 16.4 Å². The SMILES string of the molecule is Cc1cccc(N(Cc2ccc(C(=O)Nc3ccccc3F)cc2)S(C)(=O)=O)c1. The molecule has 0 unspecified atom stereocenters. The number of halogens is 1. The number of sulfonamides is 1. The Hall–Kier alpha value is -3.19. The van der Waals surface area contributed by atoms with Crippen molar-refractivity contribution in [2.75, 3.05) is 15.9 Å². The number of hydrogen-bond acceptors (Lipinski definition) is 3. The Morgan fingerprint density at radius 3 is 2.31 bits per heavy atom. The van der Waals surface area contributed by atoms with Crippen molar-refractivity contribution in [3.63, 3.8) is 0 Å². The van der Waals surface area contributed by atoms with Crippen LogP contribution >= 0.6 is 0 Å². The molecule has 3 aromatic carbocycles. The second-order valence-electron chi connectivity index (χ2n) is 6.74. The van der Waals surface area contributed by atoms with E-state index in [0.29, 0.717) is 11.3 Å². The fourth-order valence-electron chi connectivity index (χ4n) is 2.87. The van der Waals surface area contributed by atoms with Crippen LogP contribution in [-0.2, 0) is 16.6 Å². The molecule has 0 aliphatic rings. The zero-order chi connectivity index (χ0) is 21.0. The van der Waals surface area contributed by atoms with E-state index in [-0.39, 0.29) is 12.2 Å². The molecule has 1 amide bonds. The lowest BCUT2D eigenvalue weighted by atomic mass is 10.1. The number of amides is 1. The quantitative estimate of drug-likeness (QED) is 0.654. The molecule has 0 aromatic heterocycles. The summed E-state index contributed by atoms with van der Waals surface area (Å²) in [6, 6.07) is 19.7. The highest BCUT2D eigenvalue weighted by Crippen LogP contribution is 2.22. The van der Waals surface area contributed by atoms with Crippen molar-refractivity contribution in [3.8, 4) is 0 Å². The van der Waals surface area contributed by atoms with Gasteiger partial charge in [0.1, 0.15) is 5.82 Å². The summed E-state index contributed by atoms with van der Waals surface area (Å²) in [7, 11) is -3.49. The second kappa shape index (κ2) is 8.45. The lowest BCUT2D eigenvalue weighted by Crippen LogP contribution is -2.29. The van der Waals surface area contributed by atoms with E-state index >= 15 is 0 Å². The monoisotopic (exact) mass is 412 g/mol. The molecule has 0 spiro atoms. The third kappa shape index (κ3) is 5.20. The van der Waals surface area contributed by atoms with Crippen LogP contribution in [-0.4, -0.2) is 20.6 Å². The van der Waals surface area contributed by atoms with Crippen LogP contribution in [0.25, 0.3) is 0 Å². The number of aryl methyl sites for hydroxylation is 1. The number of nitrogens with one attached hydrogen (secondary N) is 1. The first-order valence-electron chi connectivity index (χ1n) is 8.93. The topological polar surface area (TPSA) is 66.5 Å². The first-order valence-corrected chi connectivity index (χ1v) is 10.8. The van der Waals surface area contributed by atoms with Gasteiger partial charge in [-0.05, 0) is 54.4 Å². The molecule has 1 N–H and O–H groups in total. The second-order valence-corrected chi connectivity index (χ2v) is 8.65. The van der Waals surface area contributed by atoms with Gasteiger partial charge in [-0.15, -0.1) is 0 Å². The minimum absolute atomic E-state index is 0.101. The fraction of sp³-hybridized carbons (Fsp3) is 0.136. The summed E-state index contributed by atoms with van der Waals surface area (Å²) in [4.78, 5) is 12.3. The summed E-state index contributed by atoms with van der Waals surface area (Å²) in [6.45, 7) is 2.03. The van der Waals surface area contributed by atoms with Gasteiger partial charge in [0.2, 0.25) is 10.0 Å². The number of hydrogen-bond donors (Lipinski definition) is 1. The van der Waals surface area contributed by atoms with Crippen molar-refractivity contribution in [2.45, 2.75) is 13.5 Å². The molecule has 150 valence electrons. The molecule has 0 radical (unpaired) electrons. The van der Waals surface area contributed by atoms with Gasteiger partial charge >= 0.3 is 0 Å². The molecule has 0 aliphatic carbocycles. The lowest BCUT2D eigenvalue weighted by Gasteiger charge is -2.23. The number of anilines is 2. The van der Waals surface area contributed by atoms with Gasteiger partial charge < -0.3 is 5.32 Å². The zero-order valence-corrected chi connectivity index (χ0v) is 16.9. The highest BCUT2D eigenvalue weighted by Gasteiger charge is 2.18. The van der Waals surface area contributed by atoms with Crippen LogP contribution in [0, 0.1) is 12.7 Å². The number of para-hydroxylation sites is 1. The van der Waals surface area contributed by atoms with E-state index in [9.17, 15) is 17.6 Å². The van der Waals surface area contributed by atoms with Crippen LogP contribution in [0.15, 0.2) is 72.8 Å². The van der Waals surface area contributed by atoms with Gasteiger partial charge in [-0.25, -0.2) is 12.8 Å². The van der Waals surface area contributed by atoms with Crippen molar-refractivity contribution >= 4 is 27.3 Å². The van der Waals surface area contributed by atoms with Gasteiger partial charge in [-0.2, -0.15) is 0 Å². The molecular weight excluding hydrogens is 391 g/mol. The van der Waals surface area contributed by atoms with Gasteiger partial charge in [0.15, 0.2) is 0 Å². The van der Waals surface area contributed by atoms with E-state index < -0.39 is 21.7 Å². The van der Waals surface area contributed by atoms with E-state index in [1.807, 2.05) is 13.0 Å². The molecular formula is C22H21FN2O3S. The summed E-state index contributed by atoms with van der Waals surface area (Å²) >= 11 is 0. The maximum absolute atomic E-state index is 13.7. The Balaban J connectivity index is 1.78. The molecule has 0 heterocycles. The summed E-state index contributed by atoms with van der Waals surface area (Å²) in [5, 5.41) is 2.52. The Morgan fingerprint density at radius 2 is 1.69 bits per heavy atom. The molecule has 7 heteroatoms. The smallest absolute Gasteiger partial charge is 0.255 e. The van der Waals surface area contributed by atoms with Gasteiger partial charge in [-0.1, -0.05) is 36.4 Å². The van der Waals surface area contributed by atoms with Crippen LogP contribution in [0.2, 0.25) is 0 Å². The third-order valence-corrected chi connectivity index (χ3v) is 5.49. The van der Waals surface area contributed by atoms with Gasteiger partial charge in [0.25, 0.3) is 5.91 Å². The van der Waals surface area contributed by atoms with Crippen LogP contribution in [0.5, 0.6) is 0 Å². The average molecular weight is 412 g/mol. The van der Waals surface area contributed by atoms with E-state index in [0.717, 1.165) is 17.4 Å². The van der Waals surface area contributed by atoms with Gasteiger partial charge in [-0.3, -0.25) is 9.10 Å². The van der Waals surface area contributed by atoms with Crippen LogP contribution in [0.3, 0.4) is 0 Å². The molecule has 0 aliphatic heterocycles. The Labute approximate surface area is 169 Å². The highest BCUT2D eigenvalue weighted by atomic mass is 32.2. The molecule has 0 fully saturated rings. The molecule has 0 bridgehead atoms. The predicted octanol–water partition coefficient (Wildman–Crippen LogP) is 4.35. The van der Waals surface area contributed by atoms with Crippen LogP contribution in [0.4, 0.5) is 15.8 Å². The average Bonchev–Trinajstić information content (AvgIpc) is 2.67. The maximum Gasteiger partial charge on any atom is 0.255 e. The number of benzene rings is 3. The molecule has 5 nitrogen and oxygen atoms in total. The molecule has 29 heavy (non-hydrogen) atoms. The van der Waals surface area contributed by atoms with Gasteiger partial charge in [0.05, 0.1) is 24.2 Å². The van der Waals surface area contributed by atoms with E-state index in [1.54, 1.807) is 54.6 Å². The fourth-order valence-corrected chi connectivity index (χ4v) is 3.75. The van der Waals surface area contributed by atoms with E-state index in [4.69, 9.17) is 0 Å². The molecule has 0 saturated heterocycles. The number of carbonyl (C=O) groups is 1. The minimum atomic E-state index is -3.49. The van der Waals surface area contributed by atoms with Crippen LogP contribution in [0.1, 0.15) is 21.5 Å². The summed E-state index contributed by atoms with van der Waals surface area (Å²) in [5.74, 6) is -0.959. The Morgan fingerprint density at radius 1 is 1.00 bits per heavy atom. The Bertz CT molecular complexity index is 1130. The third-order valence-electron chi connectivity index (χ3n) is 4.35. The number of rotatable bonds is 6. The normalized spacial score (nSPS) is 11.1. The van der Waals surface area contributed by atoms with E-state index in [2.05, 4.69) is 5.32 Å². The standard InChI is InChI=1S/C22H21FN2O3S/c1-16-6-5-7-19(14-16)25(29(2,27)28)15-17-10-12-18(13-11-17)22(26)24-21-9-4-3-8-20(21)23/h3-14H,15H2,1-2H3,(H,24,26). The molecule has 3 rings (SSSR count). The molecule has 0 saturated carbocycles. The molecule has 3 aromatic rings. The largest absolute Gasteiger partial charge is 0.319 e.